The summed E-state index contributed by atoms with van der Waals surface area (Å²) in [7, 11) is -3.90. The summed E-state index contributed by atoms with van der Waals surface area (Å²) in [6.45, 7) is 2.79. The molecule has 0 saturated carbocycles. The van der Waals surface area contributed by atoms with Crippen molar-refractivity contribution in [2.24, 2.45) is 5.14 Å². The molecule has 0 fully saturated rings. The number of imidazole rings is 1. The van der Waals surface area contributed by atoms with E-state index in [4.69, 9.17) is 5.14 Å². The van der Waals surface area contributed by atoms with E-state index in [0.717, 1.165) is 28.2 Å². The number of carbonyl (C=O) groups is 1. The van der Waals surface area contributed by atoms with Gasteiger partial charge in [-0.15, -0.1) is 11.3 Å². The van der Waals surface area contributed by atoms with Crippen LogP contribution >= 0.6 is 11.3 Å². The van der Waals surface area contributed by atoms with Crippen LogP contribution in [0.1, 0.15) is 15.5 Å². The van der Waals surface area contributed by atoms with E-state index in [1.165, 1.54) is 11.4 Å². The number of benzene rings is 1. The summed E-state index contributed by atoms with van der Waals surface area (Å²) in [5.74, 6) is 0.405. The third kappa shape index (κ3) is 3.18. The van der Waals surface area contributed by atoms with Crippen molar-refractivity contribution in [1.29, 1.82) is 0 Å². The van der Waals surface area contributed by atoms with E-state index in [1.54, 1.807) is 0 Å². The van der Waals surface area contributed by atoms with Gasteiger partial charge in [-0.05, 0) is 30.5 Å². The van der Waals surface area contributed by atoms with Crippen molar-refractivity contribution in [2.75, 3.05) is 6.54 Å². The van der Waals surface area contributed by atoms with Crippen molar-refractivity contribution < 1.29 is 13.2 Å². The summed E-state index contributed by atoms with van der Waals surface area (Å²) in [6, 6.07) is 9.09. The molecule has 2 heterocycles. The lowest BCUT2D eigenvalue weighted by Crippen LogP contribution is -2.28. The van der Waals surface area contributed by atoms with Gasteiger partial charge in [0.05, 0.1) is 11.0 Å². The number of thiophene rings is 1. The number of nitrogens with zero attached hydrogens (tertiary/aromatic N) is 2. The lowest BCUT2D eigenvalue weighted by Gasteiger charge is -2.08. The van der Waals surface area contributed by atoms with E-state index in [2.05, 4.69) is 10.3 Å². The Morgan fingerprint density at radius 1 is 1.33 bits per heavy atom. The van der Waals surface area contributed by atoms with Crippen molar-refractivity contribution >= 4 is 38.3 Å². The minimum atomic E-state index is -3.90. The van der Waals surface area contributed by atoms with E-state index >= 15 is 0 Å². The van der Waals surface area contributed by atoms with Crippen LogP contribution in [-0.2, 0) is 16.6 Å². The lowest BCUT2D eigenvalue weighted by molar-refractivity contribution is 0.0953. The lowest BCUT2D eigenvalue weighted by atomic mass is 10.3. The number of primary sulfonamides is 1. The fraction of sp³-hybridized carbons (Fsp3) is 0.200. The predicted octanol–water partition coefficient (Wildman–Crippen LogP) is 1.48. The zero-order valence-electron chi connectivity index (χ0n) is 12.9. The second-order valence-corrected chi connectivity index (χ2v) is 7.66. The molecular formula is C15H16N4O3S2. The molecule has 3 rings (SSSR count). The molecule has 0 spiro atoms. The predicted molar refractivity (Wildman–Crippen MR) is 92.5 cm³/mol. The molecule has 0 aliphatic rings. The first-order valence-corrected chi connectivity index (χ1v) is 9.61. The van der Waals surface area contributed by atoms with Crippen LogP contribution < -0.4 is 10.5 Å². The summed E-state index contributed by atoms with van der Waals surface area (Å²) < 4.78 is 24.9. The van der Waals surface area contributed by atoms with Crippen LogP contribution in [0.15, 0.2) is 40.6 Å². The summed E-state index contributed by atoms with van der Waals surface area (Å²) in [5.41, 5.74) is 1.89. The number of nitrogens with two attached hydrogens (primary N) is 1. The molecule has 1 amide bonds. The van der Waals surface area contributed by atoms with Gasteiger partial charge in [-0.1, -0.05) is 12.1 Å². The Morgan fingerprint density at radius 3 is 2.83 bits per heavy atom. The Bertz CT molecular complexity index is 1000. The maximum absolute atomic E-state index is 12.2. The standard InChI is InChI=1S/C15H16N4O3S2/c1-10-18-11-4-2-3-5-12(11)19(10)8-7-17-15(20)14-13(6-9-23-14)24(16,21)22/h2-6,9H,7-8H2,1H3,(H,17,20)(H2,16,21,22). The molecule has 0 aliphatic heterocycles. The van der Waals surface area contributed by atoms with Crippen LogP contribution in [-0.4, -0.2) is 30.4 Å². The molecule has 24 heavy (non-hydrogen) atoms. The maximum Gasteiger partial charge on any atom is 0.262 e. The molecule has 1 aromatic carbocycles. The van der Waals surface area contributed by atoms with Crippen molar-refractivity contribution in [1.82, 2.24) is 14.9 Å². The van der Waals surface area contributed by atoms with E-state index < -0.39 is 15.9 Å². The highest BCUT2D eigenvalue weighted by atomic mass is 32.2. The van der Waals surface area contributed by atoms with Gasteiger partial charge < -0.3 is 9.88 Å². The number of rotatable bonds is 5. The smallest absolute Gasteiger partial charge is 0.262 e. The van der Waals surface area contributed by atoms with Crippen LogP contribution in [0.5, 0.6) is 0 Å². The van der Waals surface area contributed by atoms with Gasteiger partial charge in [-0.2, -0.15) is 0 Å². The van der Waals surface area contributed by atoms with Crippen LogP contribution in [0.3, 0.4) is 0 Å². The number of aromatic nitrogens is 2. The zero-order valence-corrected chi connectivity index (χ0v) is 14.5. The fourth-order valence-corrected chi connectivity index (χ4v) is 4.42. The quantitative estimate of drug-likeness (QED) is 0.715. The van der Waals surface area contributed by atoms with Gasteiger partial charge in [0.1, 0.15) is 15.6 Å². The minimum absolute atomic E-state index is 0.102. The largest absolute Gasteiger partial charge is 0.350 e. The Balaban J connectivity index is 1.72. The van der Waals surface area contributed by atoms with Gasteiger partial charge in [0.15, 0.2) is 0 Å². The molecule has 0 bridgehead atoms. The number of para-hydroxylation sites is 2. The van der Waals surface area contributed by atoms with Gasteiger partial charge in [-0.25, -0.2) is 18.5 Å². The maximum atomic E-state index is 12.2. The van der Waals surface area contributed by atoms with Crippen molar-refractivity contribution in [3.05, 3.63) is 46.4 Å². The Kier molecular flexibility index (Phi) is 4.39. The van der Waals surface area contributed by atoms with Crippen LogP contribution in [0.4, 0.5) is 0 Å². The Morgan fingerprint density at radius 2 is 2.08 bits per heavy atom. The monoisotopic (exact) mass is 364 g/mol. The molecule has 0 saturated heterocycles. The molecule has 0 aliphatic carbocycles. The van der Waals surface area contributed by atoms with Crippen LogP contribution in [0, 0.1) is 6.92 Å². The van der Waals surface area contributed by atoms with Gasteiger partial charge in [0, 0.05) is 13.1 Å². The molecule has 3 aromatic rings. The van der Waals surface area contributed by atoms with Crippen molar-refractivity contribution in [3.8, 4) is 0 Å². The molecule has 126 valence electrons. The SMILES string of the molecule is Cc1nc2ccccc2n1CCNC(=O)c1sccc1S(N)(=O)=O. The first kappa shape index (κ1) is 16.6. The van der Waals surface area contributed by atoms with Crippen LogP contribution in [0.25, 0.3) is 11.0 Å². The zero-order chi connectivity index (χ0) is 17.3. The van der Waals surface area contributed by atoms with Crippen molar-refractivity contribution in [2.45, 2.75) is 18.4 Å². The number of sulfonamides is 1. The first-order valence-electron chi connectivity index (χ1n) is 7.18. The molecule has 0 unspecified atom stereocenters. The number of amides is 1. The third-order valence-corrected chi connectivity index (χ3v) is 5.60. The van der Waals surface area contributed by atoms with Gasteiger partial charge in [-0.3, -0.25) is 4.79 Å². The molecule has 0 atom stereocenters. The molecule has 2 aromatic heterocycles. The second kappa shape index (κ2) is 6.34. The normalized spacial score (nSPS) is 11.8. The topological polar surface area (TPSA) is 107 Å². The van der Waals surface area contributed by atoms with E-state index in [0.29, 0.717) is 13.1 Å². The summed E-state index contributed by atoms with van der Waals surface area (Å²) in [4.78, 5) is 16.6. The average molecular weight is 364 g/mol. The van der Waals surface area contributed by atoms with E-state index in [-0.39, 0.29) is 9.77 Å². The van der Waals surface area contributed by atoms with Gasteiger partial charge >= 0.3 is 0 Å². The molecule has 0 radical (unpaired) electrons. The number of hydrogen-bond acceptors (Lipinski definition) is 5. The number of hydrogen-bond donors (Lipinski definition) is 2. The molecule has 9 heteroatoms. The molecular weight excluding hydrogens is 348 g/mol. The molecule has 3 N–H and O–H groups in total. The number of aryl methyl sites for hydroxylation is 1. The average Bonchev–Trinajstić information content (AvgIpc) is 3.12. The third-order valence-electron chi connectivity index (χ3n) is 3.61. The number of nitrogens with one attached hydrogen (secondary N) is 1. The first-order chi connectivity index (χ1) is 11.4. The molecule has 7 nitrogen and oxygen atoms in total. The Hall–Kier alpha value is -2.23. The summed E-state index contributed by atoms with van der Waals surface area (Å²) >= 11 is 1.05. The minimum Gasteiger partial charge on any atom is -0.350 e. The summed E-state index contributed by atoms with van der Waals surface area (Å²) in [6.07, 6.45) is 0. The number of carbonyl (C=O) groups excluding carboxylic acids is 1. The van der Waals surface area contributed by atoms with E-state index in [9.17, 15) is 13.2 Å². The van der Waals surface area contributed by atoms with Crippen molar-refractivity contribution in [3.63, 3.8) is 0 Å². The summed E-state index contributed by atoms with van der Waals surface area (Å²) in [5, 5.41) is 9.37. The van der Waals surface area contributed by atoms with E-state index in [1.807, 2.05) is 35.8 Å². The van der Waals surface area contributed by atoms with Crippen LogP contribution in [0.2, 0.25) is 0 Å². The highest BCUT2D eigenvalue weighted by Crippen LogP contribution is 2.20. The van der Waals surface area contributed by atoms with Gasteiger partial charge in [0.25, 0.3) is 5.91 Å². The highest BCUT2D eigenvalue weighted by molar-refractivity contribution is 7.89. The highest BCUT2D eigenvalue weighted by Gasteiger charge is 2.20. The Labute approximate surface area is 143 Å². The second-order valence-electron chi connectivity index (χ2n) is 5.21. The fourth-order valence-electron chi connectivity index (χ4n) is 2.53. The number of fused-ring (bicyclic) bond motifs is 1. The van der Waals surface area contributed by atoms with Gasteiger partial charge in [0.2, 0.25) is 10.0 Å².